The molecule has 1 aliphatic carbocycles. The Kier molecular flexibility index (Phi) is 6.93. The van der Waals surface area contributed by atoms with Crippen molar-refractivity contribution in [1.29, 1.82) is 0 Å². The van der Waals surface area contributed by atoms with Crippen molar-refractivity contribution in [1.82, 2.24) is 15.2 Å². The summed E-state index contributed by atoms with van der Waals surface area (Å²) in [6, 6.07) is 16.4. The number of hydrogen-bond acceptors (Lipinski definition) is 2. The average molecular weight is 432 g/mol. The zero-order valence-corrected chi connectivity index (χ0v) is 19.1. The molecule has 1 aromatic heterocycles. The van der Waals surface area contributed by atoms with Gasteiger partial charge in [0.2, 0.25) is 0 Å². The van der Waals surface area contributed by atoms with Gasteiger partial charge < -0.3 is 15.2 Å². The van der Waals surface area contributed by atoms with E-state index in [0.717, 1.165) is 54.1 Å². The van der Waals surface area contributed by atoms with Gasteiger partial charge in [0.15, 0.2) is 0 Å². The standard InChI is InChI=1S/C27H33N3O2/c1-19-13-14-22-17-23(26(31)29-25(22)20(19)2)18-30(16-15-21-9-5-3-6-10-21)27(32)28-24-11-7-4-8-12-24/h3,5-6,9-10,13-14,17,24H,4,7-8,11-12,15-16,18H2,1-2H3,(H,28,32)(H,29,31). The number of carbonyl (C=O) groups excluding carboxylic acids is 1. The molecule has 1 heterocycles. The van der Waals surface area contributed by atoms with Crippen LogP contribution in [0.2, 0.25) is 0 Å². The van der Waals surface area contributed by atoms with Crippen molar-refractivity contribution in [2.24, 2.45) is 0 Å². The number of aromatic nitrogens is 1. The number of nitrogens with zero attached hydrogens (tertiary/aromatic N) is 1. The van der Waals surface area contributed by atoms with E-state index < -0.39 is 0 Å². The Hall–Kier alpha value is -3.08. The van der Waals surface area contributed by atoms with E-state index in [0.29, 0.717) is 18.7 Å². The Morgan fingerprint density at radius 1 is 1.06 bits per heavy atom. The maximum absolute atomic E-state index is 13.2. The number of rotatable bonds is 6. The van der Waals surface area contributed by atoms with E-state index in [1.165, 1.54) is 12.0 Å². The third-order valence-electron chi connectivity index (χ3n) is 6.72. The SMILES string of the molecule is Cc1ccc2cc(CN(CCc3ccccc3)C(=O)NC3CCCCC3)c(=O)[nH]c2c1C. The summed E-state index contributed by atoms with van der Waals surface area (Å²) in [5.74, 6) is 0. The molecule has 0 aliphatic heterocycles. The normalized spacial score (nSPS) is 14.4. The van der Waals surface area contributed by atoms with Gasteiger partial charge in [-0.3, -0.25) is 4.79 Å². The van der Waals surface area contributed by atoms with Crippen molar-refractivity contribution in [3.8, 4) is 0 Å². The average Bonchev–Trinajstić information content (AvgIpc) is 2.81. The number of aryl methyl sites for hydroxylation is 2. The first-order chi connectivity index (χ1) is 15.5. The third kappa shape index (κ3) is 5.21. The predicted octanol–water partition coefficient (Wildman–Crippen LogP) is 5.23. The lowest BCUT2D eigenvalue weighted by atomic mass is 9.96. The predicted molar refractivity (Wildman–Crippen MR) is 130 cm³/mol. The minimum atomic E-state index is -0.124. The van der Waals surface area contributed by atoms with Gasteiger partial charge in [0.1, 0.15) is 0 Å². The monoisotopic (exact) mass is 431 g/mol. The van der Waals surface area contributed by atoms with Crippen LogP contribution in [0.15, 0.2) is 53.3 Å². The lowest BCUT2D eigenvalue weighted by Gasteiger charge is -2.28. The number of nitrogens with one attached hydrogen (secondary N) is 2. The number of aromatic amines is 1. The summed E-state index contributed by atoms with van der Waals surface area (Å²) >= 11 is 0. The zero-order valence-electron chi connectivity index (χ0n) is 19.1. The fourth-order valence-electron chi connectivity index (χ4n) is 4.57. The Bertz CT molecular complexity index is 1130. The number of urea groups is 1. The van der Waals surface area contributed by atoms with Crippen LogP contribution in [-0.2, 0) is 13.0 Å². The molecule has 0 spiro atoms. The second kappa shape index (κ2) is 10.0. The highest BCUT2D eigenvalue weighted by molar-refractivity contribution is 5.83. The molecule has 1 fully saturated rings. The Balaban J connectivity index is 1.57. The number of benzene rings is 2. The summed E-state index contributed by atoms with van der Waals surface area (Å²) in [5, 5.41) is 4.22. The van der Waals surface area contributed by atoms with Crippen molar-refractivity contribution < 1.29 is 4.79 Å². The molecule has 0 radical (unpaired) electrons. The first-order valence-electron chi connectivity index (χ1n) is 11.7. The van der Waals surface area contributed by atoms with Crippen LogP contribution in [-0.4, -0.2) is 28.5 Å². The van der Waals surface area contributed by atoms with Crippen LogP contribution >= 0.6 is 0 Å². The van der Waals surface area contributed by atoms with Crippen molar-refractivity contribution in [3.05, 3.63) is 81.1 Å². The highest BCUT2D eigenvalue weighted by atomic mass is 16.2. The van der Waals surface area contributed by atoms with Crippen LogP contribution in [0.25, 0.3) is 10.9 Å². The van der Waals surface area contributed by atoms with E-state index in [2.05, 4.69) is 28.5 Å². The third-order valence-corrected chi connectivity index (χ3v) is 6.72. The topological polar surface area (TPSA) is 65.2 Å². The molecule has 2 aromatic carbocycles. The molecule has 0 unspecified atom stereocenters. The van der Waals surface area contributed by atoms with Gasteiger partial charge in [-0.05, 0) is 61.3 Å². The molecule has 2 amide bonds. The number of amides is 2. The van der Waals surface area contributed by atoms with Gasteiger partial charge in [-0.1, -0.05) is 61.7 Å². The highest BCUT2D eigenvalue weighted by Crippen LogP contribution is 2.20. The van der Waals surface area contributed by atoms with E-state index in [1.807, 2.05) is 44.2 Å². The first-order valence-corrected chi connectivity index (χ1v) is 11.7. The van der Waals surface area contributed by atoms with Crippen molar-refractivity contribution >= 4 is 16.9 Å². The second-order valence-electron chi connectivity index (χ2n) is 9.04. The summed E-state index contributed by atoms with van der Waals surface area (Å²) in [6.07, 6.45) is 6.40. The van der Waals surface area contributed by atoms with Gasteiger partial charge in [0.05, 0.1) is 12.1 Å². The minimum Gasteiger partial charge on any atom is -0.335 e. The first kappa shape index (κ1) is 22.1. The van der Waals surface area contributed by atoms with Gasteiger partial charge in [-0.25, -0.2) is 4.79 Å². The quantitative estimate of drug-likeness (QED) is 0.561. The smallest absolute Gasteiger partial charge is 0.317 e. The van der Waals surface area contributed by atoms with E-state index in [1.54, 1.807) is 4.90 Å². The van der Waals surface area contributed by atoms with E-state index in [4.69, 9.17) is 0 Å². The lowest BCUT2D eigenvalue weighted by molar-refractivity contribution is 0.187. The molecular weight excluding hydrogens is 398 g/mol. The second-order valence-corrected chi connectivity index (χ2v) is 9.04. The summed E-state index contributed by atoms with van der Waals surface area (Å²) < 4.78 is 0. The van der Waals surface area contributed by atoms with Crippen LogP contribution < -0.4 is 10.9 Å². The minimum absolute atomic E-state index is 0.0765. The van der Waals surface area contributed by atoms with Crippen LogP contribution in [0.3, 0.4) is 0 Å². The number of fused-ring (bicyclic) bond motifs is 1. The van der Waals surface area contributed by atoms with Gasteiger partial charge >= 0.3 is 6.03 Å². The molecule has 3 aromatic rings. The van der Waals surface area contributed by atoms with E-state index >= 15 is 0 Å². The fourth-order valence-corrected chi connectivity index (χ4v) is 4.57. The summed E-state index contributed by atoms with van der Waals surface area (Å²) in [4.78, 5) is 31.0. The van der Waals surface area contributed by atoms with Crippen LogP contribution in [0.4, 0.5) is 4.79 Å². The molecule has 1 saturated carbocycles. The molecule has 32 heavy (non-hydrogen) atoms. The van der Waals surface area contributed by atoms with Crippen molar-refractivity contribution in [2.75, 3.05) is 6.54 Å². The number of pyridine rings is 1. The highest BCUT2D eigenvalue weighted by Gasteiger charge is 2.21. The molecule has 0 bridgehead atoms. The van der Waals surface area contributed by atoms with Gasteiger partial charge in [0, 0.05) is 18.2 Å². The summed E-state index contributed by atoms with van der Waals surface area (Å²) in [5.41, 5.74) is 4.79. The Morgan fingerprint density at radius 2 is 1.81 bits per heavy atom. The molecule has 1 aliphatic rings. The molecule has 5 nitrogen and oxygen atoms in total. The lowest BCUT2D eigenvalue weighted by Crippen LogP contribution is -2.46. The van der Waals surface area contributed by atoms with Crippen molar-refractivity contribution in [3.63, 3.8) is 0 Å². The molecule has 5 heteroatoms. The molecule has 0 saturated heterocycles. The van der Waals surface area contributed by atoms with Gasteiger partial charge in [-0.2, -0.15) is 0 Å². The molecular formula is C27H33N3O2. The number of carbonyl (C=O) groups is 1. The molecule has 0 atom stereocenters. The summed E-state index contributed by atoms with van der Waals surface area (Å²) in [7, 11) is 0. The van der Waals surface area contributed by atoms with Crippen LogP contribution in [0.1, 0.15) is 54.4 Å². The molecule has 168 valence electrons. The van der Waals surface area contributed by atoms with E-state index in [-0.39, 0.29) is 17.6 Å². The van der Waals surface area contributed by atoms with Gasteiger partial charge in [-0.15, -0.1) is 0 Å². The van der Waals surface area contributed by atoms with E-state index in [9.17, 15) is 9.59 Å². The Labute approximate surface area is 189 Å². The number of hydrogen-bond donors (Lipinski definition) is 2. The van der Waals surface area contributed by atoms with Gasteiger partial charge in [0.25, 0.3) is 5.56 Å². The molecule has 2 N–H and O–H groups in total. The maximum Gasteiger partial charge on any atom is 0.317 e. The summed E-state index contributed by atoms with van der Waals surface area (Å²) in [6.45, 7) is 4.93. The van der Waals surface area contributed by atoms with Crippen molar-refractivity contribution in [2.45, 2.75) is 65.0 Å². The maximum atomic E-state index is 13.2. The zero-order chi connectivity index (χ0) is 22.5. The van der Waals surface area contributed by atoms with Crippen LogP contribution in [0, 0.1) is 13.8 Å². The fraction of sp³-hybridized carbons (Fsp3) is 0.407. The molecule has 4 rings (SSSR count). The Morgan fingerprint density at radius 3 is 2.56 bits per heavy atom. The largest absolute Gasteiger partial charge is 0.335 e. The van der Waals surface area contributed by atoms with Crippen LogP contribution in [0.5, 0.6) is 0 Å². The number of H-pyrrole nitrogens is 1.